The minimum atomic E-state index is -0.313. The summed E-state index contributed by atoms with van der Waals surface area (Å²) >= 11 is 0. The summed E-state index contributed by atoms with van der Waals surface area (Å²) in [6.45, 7) is 3.24. The first-order valence-electron chi connectivity index (χ1n) is 9.78. The van der Waals surface area contributed by atoms with E-state index in [0.717, 1.165) is 29.8 Å². The smallest absolute Gasteiger partial charge is 0.271 e. The summed E-state index contributed by atoms with van der Waals surface area (Å²) in [6.07, 6.45) is 0.854. The first kappa shape index (κ1) is 18.3. The van der Waals surface area contributed by atoms with E-state index in [1.807, 2.05) is 35.9 Å². The van der Waals surface area contributed by atoms with Crippen molar-refractivity contribution < 1.29 is 9.13 Å². The van der Waals surface area contributed by atoms with Crippen molar-refractivity contribution in [3.05, 3.63) is 82.4 Å². The number of ether oxygens (including phenoxy) is 1. The van der Waals surface area contributed by atoms with Gasteiger partial charge in [-0.05, 0) is 48.9 Å². The number of hydrogen-bond acceptors (Lipinski definition) is 4. The molecule has 2 aromatic heterocycles. The molecule has 150 valence electrons. The molecule has 0 amide bonds. The molecule has 1 aliphatic heterocycles. The van der Waals surface area contributed by atoms with E-state index >= 15 is 0 Å². The zero-order valence-electron chi connectivity index (χ0n) is 16.4. The van der Waals surface area contributed by atoms with Crippen LogP contribution in [0.3, 0.4) is 0 Å². The summed E-state index contributed by atoms with van der Waals surface area (Å²) in [6, 6.07) is 16.9. The number of aromatic nitrogens is 4. The number of nitrogens with zero attached hydrogens (tertiary/aromatic N) is 4. The van der Waals surface area contributed by atoms with Crippen molar-refractivity contribution in [2.75, 3.05) is 6.61 Å². The lowest BCUT2D eigenvalue weighted by molar-refractivity contribution is 0.231. The van der Waals surface area contributed by atoms with Crippen LogP contribution in [0.2, 0.25) is 0 Å². The normalized spacial score (nSPS) is 13.0. The standard InChI is InChI=1S/C23H19FN4O2/c1-15-5-2-3-6-19(15)28-20(29)12-11-18(25-28)21-22(16-7-9-17(24)10-8-16)26-27-13-4-14-30-23(21)27/h2-3,5-12H,4,13-14H2,1H3. The molecule has 0 spiro atoms. The van der Waals surface area contributed by atoms with Gasteiger partial charge in [0.1, 0.15) is 11.5 Å². The van der Waals surface area contributed by atoms with Crippen LogP contribution in [0.25, 0.3) is 28.2 Å². The molecule has 0 bridgehead atoms. The predicted octanol–water partition coefficient (Wildman–Crippen LogP) is 3.99. The van der Waals surface area contributed by atoms with E-state index in [0.29, 0.717) is 29.4 Å². The van der Waals surface area contributed by atoms with Gasteiger partial charge in [0.05, 0.1) is 23.6 Å². The number of para-hydroxylation sites is 1. The highest BCUT2D eigenvalue weighted by Gasteiger charge is 2.26. The molecule has 0 atom stereocenters. The monoisotopic (exact) mass is 402 g/mol. The Morgan fingerprint density at radius 2 is 1.80 bits per heavy atom. The van der Waals surface area contributed by atoms with Crippen LogP contribution in [0, 0.1) is 12.7 Å². The lowest BCUT2D eigenvalue weighted by atomic mass is 10.0. The first-order chi connectivity index (χ1) is 14.6. The van der Waals surface area contributed by atoms with Crippen LogP contribution >= 0.6 is 0 Å². The summed E-state index contributed by atoms with van der Waals surface area (Å²) in [5, 5.41) is 9.37. The summed E-state index contributed by atoms with van der Waals surface area (Å²) < 4.78 is 22.6. The quantitative estimate of drug-likeness (QED) is 0.520. The van der Waals surface area contributed by atoms with Gasteiger partial charge in [0.2, 0.25) is 5.88 Å². The van der Waals surface area contributed by atoms with Crippen molar-refractivity contribution in [3.63, 3.8) is 0 Å². The summed E-state index contributed by atoms with van der Waals surface area (Å²) in [4.78, 5) is 12.6. The molecule has 0 N–H and O–H groups in total. The number of benzene rings is 2. The first-order valence-corrected chi connectivity index (χ1v) is 9.78. The number of rotatable bonds is 3. The van der Waals surface area contributed by atoms with E-state index in [-0.39, 0.29) is 11.4 Å². The molecule has 6 nitrogen and oxygen atoms in total. The van der Waals surface area contributed by atoms with Gasteiger partial charge in [-0.25, -0.2) is 9.07 Å². The number of hydrogen-bond donors (Lipinski definition) is 0. The van der Waals surface area contributed by atoms with Gasteiger partial charge in [-0.2, -0.15) is 14.9 Å². The molecule has 0 fully saturated rings. The minimum absolute atomic E-state index is 0.224. The molecule has 30 heavy (non-hydrogen) atoms. The van der Waals surface area contributed by atoms with Crippen molar-refractivity contribution in [2.24, 2.45) is 0 Å². The Labute approximate surface area is 172 Å². The van der Waals surface area contributed by atoms with E-state index in [4.69, 9.17) is 9.84 Å². The molecule has 4 aromatic rings. The van der Waals surface area contributed by atoms with Gasteiger partial charge in [-0.1, -0.05) is 18.2 Å². The molecule has 5 rings (SSSR count). The fourth-order valence-electron chi connectivity index (χ4n) is 3.69. The lowest BCUT2D eigenvalue weighted by Gasteiger charge is -2.16. The molecule has 0 saturated carbocycles. The van der Waals surface area contributed by atoms with E-state index in [2.05, 4.69) is 5.10 Å². The number of halogens is 1. The number of aryl methyl sites for hydroxylation is 2. The van der Waals surface area contributed by atoms with Gasteiger partial charge in [0.25, 0.3) is 5.56 Å². The fraction of sp³-hybridized carbons (Fsp3) is 0.174. The average Bonchev–Trinajstić information content (AvgIpc) is 3.15. The van der Waals surface area contributed by atoms with E-state index < -0.39 is 0 Å². The van der Waals surface area contributed by atoms with Gasteiger partial charge in [0, 0.05) is 24.6 Å². The maximum Gasteiger partial charge on any atom is 0.271 e. The van der Waals surface area contributed by atoms with E-state index in [1.54, 1.807) is 18.2 Å². The van der Waals surface area contributed by atoms with Crippen LogP contribution in [-0.2, 0) is 6.54 Å². The van der Waals surface area contributed by atoms with E-state index in [1.165, 1.54) is 22.9 Å². The maximum absolute atomic E-state index is 13.5. The molecule has 3 heterocycles. The van der Waals surface area contributed by atoms with Gasteiger partial charge >= 0.3 is 0 Å². The maximum atomic E-state index is 13.5. The molecule has 7 heteroatoms. The second kappa shape index (κ2) is 7.26. The molecule has 0 unspecified atom stereocenters. The van der Waals surface area contributed by atoms with Crippen LogP contribution < -0.4 is 10.3 Å². The predicted molar refractivity (Wildman–Crippen MR) is 111 cm³/mol. The molecular formula is C23H19FN4O2. The minimum Gasteiger partial charge on any atom is -0.477 e. The third-order valence-corrected chi connectivity index (χ3v) is 5.18. The molecule has 1 aliphatic rings. The number of fused-ring (bicyclic) bond motifs is 1. The largest absolute Gasteiger partial charge is 0.477 e. The van der Waals surface area contributed by atoms with Gasteiger partial charge < -0.3 is 4.74 Å². The Morgan fingerprint density at radius 3 is 2.60 bits per heavy atom. The zero-order chi connectivity index (χ0) is 20.7. The van der Waals surface area contributed by atoms with E-state index in [9.17, 15) is 9.18 Å². The lowest BCUT2D eigenvalue weighted by Crippen LogP contribution is -2.21. The third-order valence-electron chi connectivity index (χ3n) is 5.18. The molecule has 2 aromatic carbocycles. The van der Waals surface area contributed by atoms with Crippen molar-refractivity contribution >= 4 is 0 Å². The average molecular weight is 402 g/mol. The molecule has 0 saturated heterocycles. The SMILES string of the molecule is Cc1ccccc1-n1nc(-c2c(-c3ccc(F)cc3)nn3c2OCCC3)ccc1=O. The van der Waals surface area contributed by atoms with Gasteiger partial charge in [-0.3, -0.25) is 4.79 Å². The second-order valence-corrected chi connectivity index (χ2v) is 7.22. The van der Waals surface area contributed by atoms with Gasteiger partial charge in [0.15, 0.2) is 0 Å². The summed E-state index contributed by atoms with van der Waals surface area (Å²) in [7, 11) is 0. The Balaban J connectivity index is 1.74. The second-order valence-electron chi connectivity index (χ2n) is 7.22. The zero-order valence-corrected chi connectivity index (χ0v) is 16.4. The van der Waals surface area contributed by atoms with Crippen LogP contribution in [-0.4, -0.2) is 26.2 Å². The highest BCUT2D eigenvalue weighted by molar-refractivity contribution is 5.83. The van der Waals surface area contributed by atoms with Crippen LogP contribution in [0.1, 0.15) is 12.0 Å². The fourth-order valence-corrected chi connectivity index (χ4v) is 3.69. The molecule has 0 radical (unpaired) electrons. The van der Waals surface area contributed by atoms with Crippen LogP contribution in [0.5, 0.6) is 5.88 Å². The van der Waals surface area contributed by atoms with Crippen molar-refractivity contribution in [1.29, 1.82) is 0 Å². The Bertz CT molecular complexity index is 1290. The molecule has 0 aliphatic carbocycles. The van der Waals surface area contributed by atoms with Crippen LogP contribution in [0.15, 0.2) is 65.5 Å². The molecular weight excluding hydrogens is 383 g/mol. The highest BCUT2D eigenvalue weighted by atomic mass is 19.1. The van der Waals surface area contributed by atoms with Crippen molar-refractivity contribution in [1.82, 2.24) is 19.6 Å². The van der Waals surface area contributed by atoms with Crippen molar-refractivity contribution in [3.8, 4) is 34.1 Å². The topological polar surface area (TPSA) is 61.9 Å². The third kappa shape index (κ3) is 3.08. The summed E-state index contributed by atoms with van der Waals surface area (Å²) in [5.74, 6) is 0.301. The van der Waals surface area contributed by atoms with Crippen LogP contribution in [0.4, 0.5) is 4.39 Å². The Kier molecular flexibility index (Phi) is 4.43. The highest BCUT2D eigenvalue weighted by Crippen LogP contribution is 2.39. The van der Waals surface area contributed by atoms with Gasteiger partial charge in [-0.15, -0.1) is 0 Å². The van der Waals surface area contributed by atoms with Crippen molar-refractivity contribution in [2.45, 2.75) is 19.9 Å². The Hall–Kier alpha value is -3.74. The Morgan fingerprint density at radius 1 is 1.00 bits per heavy atom. The summed E-state index contributed by atoms with van der Waals surface area (Å²) in [5.41, 5.74) is 4.11.